The average Bonchev–Trinajstić information content (AvgIpc) is 3.32. The summed E-state index contributed by atoms with van der Waals surface area (Å²) in [6.07, 6.45) is -3.33. The highest BCUT2D eigenvalue weighted by atomic mass is 19.4. The minimum atomic E-state index is -4.30. The fraction of sp³-hybridized carbons (Fsp3) is 0.278. The van der Waals surface area contributed by atoms with Gasteiger partial charge in [0, 0.05) is 24.1 Å². The Labute approximate surface area is 137 Å². The third-order valence-corrected chi connectivity index (χ3v) is 4.26. The van der Waals surface area contributed by atoms with E-state index in [1.165, 1.54) is 12.1 Å². The molecule has 3 nitrogen and oxygen atoms in total. The zero-order valence-corrected chi connectivity index (χ0v) is 12.8. The average molecular weight is 334 g/mol. The van der Waals surface area contributed by atoms with E-state index in [4.69, 9.17) is 5.73 Å². The molecule has 3 rings (SSSR count). The van der Waals surface area contributed by atoms with Gasteiger partial charge in [-0.05, 0) is 41.8 Å². The Bertz CT molecular complexity index is 723. The first kappa shape index (κ1) is 16.5. The predicted molar refractivity (Wildman–Crippen MR) is 84.4 cm³/mol. The summed E-state index contributed by atoms with van der Waals surface area (Å²) in [6, 6.07) is 12.7. The number of hydrogen-bond acceptors (Lipinski definition) is 2. The Morgan fingerprint density at radius 2 is 1.71 bits per heavy atom. The first-order valence-electron chi connectivity index (χ1n) is 7.64. The van der Waals surface area contributed by atoms with Gasteiger partial charge in [-0.25, -0.2) is 0 Å². The topological polar surface area (TPSA) is 55.1 Å². The van der Waals surface area contributed by atoms with Crippen molar-refractivity contribution in [1.82, 2.24) is 5.32 Å². The van der Waals surface area contributed by atoms with Crippen LogP contribution in [0.2, 0.25) is 0 Å². The maximum atomic E-state index is 12.5. The van der Waals surface area contributed by atoms with Crippen LogP contribution in [0.5, 0.6) is 0 Å². The van der Waals surface area contributed by atoms with Crippen LogP contribution in [0.15, 0.2) is 48.5 Å². The van der Waals surface area contributed by atoms with E-state index in [2.05, 4.69) is 5.32 Å². The Morgan fingerprint density at radius 3 is 2.25 bits per heavy atom. The minimum Gasteiger partial charge on any atom is -0.366 e. The molecular formula is C18H17F3N2O. The summed E-state index contributed by atoms with van der Waals surface area (Å²) in [5.41, 5.74) is 7.00. The molecule has 2 unspecified atom stereocenters. The molecule has 126 valence electrons. The Morgan fingerprint density at radius 1 is 1.08 bits per heavy atom. The highest BCUT2D eigenvalue weighted by Crippen LogP contribution is 2.41. The third kappa shape index (κ3) is 3.76. The second-order valence-electron chi connectivity index (χ2n) is 6.01. The van der Waals surface area contributed by atoms with Crippen LogP contribution in [-0.2, 0) is 12.7 Å². The van der Waals surface area contributed by atoms with Crippen LogP contribution in [0, 0.1) is 0 Å². The Kier molecular flexibility index (Phi) is 4.32. The second-order valence-corrected chi connectivity index (χ2v) is 6.01. The largest absolute Gasteiger partial charge is 0.416 e. The van der Waals surface area contributed by atoms with Crippen molar-refractivity contribution in [2.75, 3.05) is 0 Å². The van der Waals surface area contributed by atoms with E-state index in [0.29, 0.717) is 24.1 Å². The van der Waals surface area contributed by atoms with Gasteiger partial charge >= 0.3 is 6.18 Å². The van der Waals surface area contributed by atoms with Crippen molar-refractivity contribution in [3.05, 3.63) is 70.8 Å². The molecular weight excluding hydrogens is 317 g/mol. The molecule has 0 saturated heterocycles. The van der Waals surface area contributed by atoms with Gasteiger partial charge in [0.1, 0.15) is 0 Å². The lowest BCUT2D eigenvalue weighted by atomic mass is 10.1. The molecule has 1 fully saturated rings. The molecule has 2 aromatic rings. The summed E-state index contributed by atoms with van der Waals surface area (Å²) in [5, 5.41) is 3.34. The van der Waals surface area contributed by atoms with Crippen molar-refractivity contribution in [1.29, 1.82) is 0 Å². The van der Waals surface area contributed by atoms with Crippen molar-refractivity contribution < 1.29 is 18.0 Å². The monoisotopic (exact) mass is 334 g/mol. The molecule has 1 aliphatic carbocycles. The molecule has 0 radical (unpaired) electrons. The normalized spacial score (nSPS) is 20.0. The van der Waals surface area contributed by atoms with Crippen molar-refractivity contribution in [3.8, 4) is 0 Å². The van der Waals surface area contributed by atoms with E-state index in [1.807, 2.05) is 12.1 Å². The molecule has 1 aliphatic rings. The first-order chi connectivity index (χ1) is 11.3. The lowest BCUT2D eigenvalue weighted by Gasteiger charge is -2.08. The molecule has 6 heteroatoms. The van der Waals surface area contributed by atoms with Crippen LogP contribution < -0.4 is 11.1 Å². The number of carbonyl (C=O) groups is 1. The van der Waals surface area contributed by atoms with Gasteiger partial charge in [0.05, 0.1) is 5.56 Å². The zero-order valence-electron chi connectivity index (χ0n) is 12.8. The van der Waals surface area contributed by atoms with E-state index >= 15 is 0 Å². The standard InChI is InChI=1S/C18H17F3N2O/c19-18(20,21)14-7-1-11(2-8-14)10-23-16-9-15(16)12-3-5-13(6-4-12)17(22)24/h1-8,15-16,23H,9-10H2,(H2,22,24). The molecule has 3 N–H and O–H groups in total. The maximum absolute atomic E-state index is 12.5. The van der Waals surface area contributed by atoms with Gasteiger partial charge in [-0.2, -0.15) is 13.2 Å². The fourth-order valence-electron chi connectivity index (χ4n) is 2.74. The van der Waals surface area contributed by atoms with Gasteiger partial charge in [0.25, 0.3) is 0 Å². The summed E-state index contributed by atoms with van der Waals surface area (Å²) in [7, 11) is 0. The summed E-state index contributed by atoms with van der Waals surface area (Å²) in [5.74, 6) is -0.0873. The van der Waals surface area contributed by atoms with E-state index in [0.717, 1.165) is 29.7 Å². The smallest absolute Gasteiger partial charge is 0.366 e. The first-order valence-corrected chi connectivity index (χ1v) is 7.64. The molecule has 0 heterocycles. The van der Waals surface area contributed by atoms with Crippen LogP contribution in [-0.4, -0.2) is 11.9 Å². The summed E-state index contributed by atoms with van der Waals surface area (Å²) >= 11 is 0. The number of alkyl halides is 3. The van der Waals surface area contributed by atoms with Gasteiger partial charge < -0.3 is 11.1 Å². The van der Waals surface area contributed by atoms with Gasteiger partial charge in [-0.15, -0.1) is 0 Å². The van der Waals surface area contributed by atoms with E-state index < -0.39 is 17.6 Å². The predicted octanol–water partition coefficient (Wildman–Crippen LogP) is 3.45. The van der Waals surface area contributed by atoms with Crippen molar-refractivity contribution in [2.24, 2.45) is 5.73 Å². The van der Waals surface area contributed by atoms with Crippen molar-refractivity contribution in [2.45, 2.75) is 31.1 Å². The Balaban J connectivity index is 1.53. The number of nitrogens with two attached hydrogens (primary N) is 1. The summed E-state index contributed by atoms with van der Waals surface area (Å²) in [4.78, 5) is 11.0. The van der Waals surface area contributed by atoms with Crippen LogP contribution in [0.1, 0.15) is 39.4 Å². The van der Waals surface area contributed by atoms with E-state index in [1.54, 1.807) is 12.1 Å². The minimum absolute atomic E-state index is 0.298. The zero-order chi connectivity index (χ0) is 17.3. The molecule has 2 atom stereocenters. The molecule has 0 aliphatic heterocycles. The number of carbonyl (C=O) groups excluding carboxylic acids is 1. The van der Waals surface area contributed by atoms with Gasteiger partial charge in [-0.3, -0.25) is 4.79 Å². The highest BCUT2D eigenvalue weighted by molar-refractivity contribution is 5.92. The number of primary amides is 1. The highest BCUT2D eigenvalue weighted by Gasteiger charge is 2.37. The van der Waals surface area contributed by atoms with Crippen LogP contribution in [0.3, 0.4) is 0 Å². The number of benzene rings is 2. The molecule has 0 spiro atoms. The van der Waals surface area contributed by atoms with Crippen LogP contribution in [0.4, 0.5) is 13.2 Å². The van der Waals surface area contributed by atoms with Gasteiger partial charge in [0.15, 0.2) is 0 Å². The number of hydrogen-bond donors (Lipinski definition) is 2. The maximum Gasteiger partial charge on any atom is 0.416 e. The van der Waals surface area contributed by atoms with Crippen molar-refractivity contribution in [3.63, 3.8) is 0 Å². The second kappa shape index (κ2) is 6.28. The molecule has 0 bridgehead atoms. The number of amides is 1. The van der Waals surface area contributed by atoms with Crippen LogP contribution in [0.25, 0.3) is 0 Å². The van der Waals surface area contributed by atoms with Gasteiger partial charge in [0.2, 0.25) is 5.91 Å². The number of halogens is 3. The molecule has 1 saturated carbocycles. The summed E-state index contributed by atoms with van der Waals surface area (Å²) < 4.78 is 37.5. The van der Waals surface area contributed by atoms with E-state index in [-0.39, 0.29) is 0 Å². The quantitative estimate of drug-likeness (QED) is 0.880. The lowest BCUT2D eigenvalue weighted by Crippen LogP contribution is -2.17. The molecule has 2 aromatic carbocycles. The summed E-state index contributed by atoms with van der Waals surface area (Å²) in [6.45, 7) is 0.526. The molecule has 0 aromatic heterocycles. The third-order valence-electron chi connectivity index (χ3n) is 4.26. The SMILES string of the molecule is NC(=O)c1ccc(C2CC2NCc2ccc(C(F)(F)F)cc2)cc1. The number of nitrogens with one attached hydrogen (secondary N) is 1. The molecule has 24 heavy (non-hydrogen) atoms. The fourth-order valence-corrected chi connectivity index (χ4v) is 2.74. The van der Waals surface area contributed by atoms with Gasteiger partial charge in [-0.1, -0.05) is 24.3 Å². The van der Waals surface area contributed by atoms with E-state index in [9.17, 15) is 18.0 Å². The molecule has 1 amide bonds. The Hall–Kier alpha value is -2.34. The van der Waals surface area contributed by atoms with Crippen LogP contribution >= 0.6 is 0 Å². The number of rotatable bonds is 5. The lowest BCUT2D eigenvalue weighted by molar-refractivity contribution is -0.137. The van der Waals surface area contributed by atoms with Crippen molar-refractivity contribution >= 4 is 5.91 Å².